The van der Waals surface area contributed by atoms with E-state index in [9.17, 15) is 13.2 Å². The highest BCUT2D eigenvalue weighted by Crippen LogP contribution is 2.25. The molecule has 1 heterocycles. The maximum Gasteiger partial charge on any atom is 0.255 e. The molecule has 0 radical (unpaired) electrons. The molecule has 0 atom stereocenters. The highest BCUT2D eigenvalue weighted by atomic mass is 35.5. The van der Waals surface area contributed by atoms with Crippen LogP contribution in [0.15, 0.2) is 41.3 Å². The van der Waals surface area contributed by atoms with Crippen molar-refractivity contribution in [3.8, 4) is 0 Å². The first-order valence-electron chi connectivity index (χ1n) is 8.97. The van der Waals surface area contributed by atoms with Gasteiger partial charge in [0.25, 0.3) is 5.91 Å². The van der Waals surface area contributed by atoms with E-state index in [1.165, 1.54) is 10.4 Å². The summed E-state index contributed by atoms with van der Waals surface area (Å²) in [6, 6.07) is 10.0. The Kier molecular flexibility index (Phi) is 5.89. The Morgan fingerprint density at radius 1 is 1.00 bits per heavy atom. The predicted octanol–water partition coefficient (Wildman–Crippen LogP) is 4.38. The van der Waals surface area contributed by atoms with E-state index in [1.807, 2.05) is 13.0 Å². The number of carbonyl (C=O) groups excluding carboxylic acids is 1. The van der Waals surface area contributed by atoms with Gasteiger partial charge < -0.3 is 5.32 Å². The second-order valence-electron chi connectivity index (χ2n) is 6.86. The number of nitrogens with zero attached hydrogens (tertiary/aromatic N) is 1. The Bertz CT molecular complexity index is 967. The van der Waals surface area contributed by atoms with Crippen LogP contribution in [-0.4, -0.2) is 31.7 Å². The molecule has 5 nitrogen and oxygen atoms in total. The molecular weight excluding hydrogens is 384 g/mol. The highest BCUT2D eigenvalue weighted by molar-refractivity contribution is 7.89. The van der Waals surface area contributed by atoms with Crippen LogP contribution >= 0.6 is 11.6 Å². The van der Waals surface area contributed by atoms with Gasteiger partial charge in [0, 0.05) is 29.4 Å². The lowest BCUT2D eigenvalue weighted by Gasteiger charge is -2.26. The van der Waals surface area contributed by atoms with Crippen molar-refractivity contribution in [1.29, 1.82) is 0 Å². The van der Waals surface area contributed by atoms with Crippen molar-refractivity contribution < 1.29 is 13.2 Å². The second kappa shape index (κ2) is 8.00. The summed E-state index contributed by atoms with van der Waals surface area (Å²) >= 11 is 6.00. The number of aryl methyl sites for hydroxylation is 2. The normalized spacial score (nSPS) is 15.5. The van der Waals surface area contributed by atoms with E-state index >= 15 is 0 Å². The van der Waals surface area contributed by atoms with Gasteiger partial charge in [0.1, 0.15) is 0 Å². The minimum absolute atomic E-state index is 0.194. The SMILES string of the molecule is Cc1ccc(Cl)cc1NC(=O)c1ccc(C)c(S(=O)(=O)N2CCCCC2)c1. The van der Waals surface area contributed by atoms with Gasteiger partial charge in [-0.25, -0.2) is 8.42 Å². The first-order valence-corrected chi connectivity index (χ1v) is 10.8. The number of rotatable bonds is 4. The van der Waals surface area contributed by atoms with Crippen LogP contribution < -0.4 is 5.32 Å². The summed E-state index contributed by atoms with van der Waals surface area (Å²) in [6.45, 7) is 4.67. The maximum absolute atomic E-state index is 13.0. The number of halogens is 1. The van der Waals surface area contributed by atoms with Gasteiger partial charge >= 0.3 is 0 Å². The molecule has 0 bridgehead atoms. The van der Waals surface area contributed by atoms with Crippen molar-refractivity contribution in [3.63, 3.8) is 0 Å². The predicted molar refractivity (Wildman–Crippen MR) is 108 cm³/mol. The smallest absolute Gasteiger partial charge is 0.255 e. The van der Waals surface area contributed by atoms with Crippen molar-refractivity contribution >= 4 is 33.2 Å². The van der Waals surface area contributed by atoms with Gasteiger partial charge in [-0.1, -0.05) is 30.2 Å². The average molecular weight is 407 g/mol. The number of hydrogen-bond acceptors (Lipinski definition) is 3. The zero-order valence-corrected chi connectivity index (χ0v) is 17.0. The molecule has 1 fully saturated rings. The molecule has 1 saturated heterocycles. The summed E-state index contributed by atoms with van der Waals surface area (Å²) in [5.74, 6) is -0.365. The summed E-state index contributed by atoms with van der Waals surface area (Å²) in [6.07, 6.45) is 2.78. The summed E-state index contributed by atoms with van der Waals surface area (Å²) < 4.78 is 27.5. The lowest BCUT2D eigenvalue weighted by molar-refractivity contribution is 0.102. The van der Waals surface area contributed by atoms with Gasteiger partial charge in [-0.2, -0.15) is 4.31 Å². The molecule has 3 rings (SSSR count). The molecule has 0 aromatic heterocycles. The molecular formula is C20H23ClN2O3S. The largest absolute Gasteiger partial charge is 0.322 e. The van der Waals surface area contributed by atoms with Crippen LogP contribution in [0.3, 0.4) is 0 Å². The third-order valence-electron chi connectivity index (χ3n) is 4.83. The molecule has 1 amide bonds. The highest BCUT2D eigenvalue weighted by Gasteiger charge is 2.28. The van der Waals surface area contributed by atoms with Crippen LogP contribution in [0.2, 0.25) is 5.02 Å². The third kappa shape index (κ3) is 4.34. The molecule has 27 heavy (non-hydrogen) atoms. The number of anilines is 1. The monoisotopic (exact) mass is 406 g/mol. The number of amides is 1. The van der Waals surface area contributed by atoms with E-state index in [4.69, 9.17) is 11.6 Å². The quantitative estimate of drug-likeness (QED) is 0.819. The molecule has 1 aliphatic heterocycles. The molecule has 0 aliphatic carbocycles. The molecule has 2 aromatic carbocycles. The fourth-order valence-electron chi connectivity index (χ4n) is 3.19. The zero-order valence-electron chi connectivity index (χ0n) is 15.5. The minimum Gasteiger partial charge on any atom is -0.322 e. The fraction of sp³-hybridized carbons (Fsp3) is 0.350. The van der Waals surface area contributed by atoms with E-state index in [1.54, 1.807) is 31.2 Å². The topological polar surface area (TPSA) is 66.5 Å². The standard InChI is InChI=1S/C20H23ClN2O3S/c1-14-7-9-17(21)13-18(14)22-20(24)16-8-6-15(2)19(12-16)27(25,26)23-10-4-3-5-11-23/h6-9,12-13H,3-5,10-11H2,1-2H3,(H,22,24). The summed E-state index contributed by atoms with van der Waals surface area (Å²) in [5, 5.41) is 3.33. The minimum atomic E-state index is -3.60. The Morgan fingerprint density at radius 2 is 1.67 bits per heavy atom. The Labute approximate surface area is 165 Å². The summed E-state index contributed by atoms with van der Waals surface area (Å²) in [4.78, 5) is 12.9. The molecule has 2 aromatic rings. The first-order chi connectivity index (χ1) is 12.8. The van der Waals surface area contributed by atoms with Gasteiger partial charge in [0.15, 0.2) is 0 Å². The van der Waals surface area contributed by atoms with Crippen LogP contribution in [-0.2, 0) is 10.0 Å². The molecule has 1 aliphatic rings. The number of piperidine rings is 1. The van der Waals surface area contributed by atoms with Crippen molar-refractivity contribution in [3.05, 3.63) is 58.1 Å². The lowest BCUT2D eigenvalue weighted by Crippen LogP contribution is -2.36. The zero-order chi connectivity index (χ0) is 19.6. The van der Waals surface area contributed by atoms with E-state index in [-0.39, 0.29) is 10.8 Å². The van der Waals surface area contributed by atoms with Crippen molar-refractivity contribution in [1.82, 2.24) is 4.31 Å². The Balaban J connectivity index is 1.90. The summed E-state index contributed by atoms with van der Waals surface area (Å²) in [5.41, 5.74) is 2.42. The van der Waals surface area contributed by atoms with E-state index in [0.29, 0.717) is 34.9 Å². The molecule has 144 valence electrons. The summed E-state index contributed by atoms with van der Waals surface area (Å²) in [7, 11) is -3.60. The molecule has 7 heteroatoms. The number of hydrogen-bond donors (Lipinski definition) is 1. The average Bonchev–Trinajstić information content (AvgIpc) is 2.65. The fourth-order valence-corrected chi connectivity index (χ4v) is 5.13. The van der Waals surface area contributed by atoms with E-state index in [2.05, 4.69) is 5.32 Å². The van der Waals surface area contributed by atoms with Gasteiger partial charge in [0.2, 0.25) is 10.0 Å². The Hall–Kier alpha value is -1.89. The van der Waals surface area contributed by atoms with Crippen molar-refractivity contribution in [2.75, 3.05) is 18.4 Å². The van der Waals surface area contributed by atoms with Crippen LogP contribution in [0.1, 0.15) is 40.7 Å². The van der Waals surface area contributed by atoms with Crippen LogP contribution in [0, 0.1) is 13.8 Å². The number of benzene rings is 2. The van der Waals surface area contributed by atoms with Gasteiger partial charge in [-0.3, -0.25) is 4.79 Å². The molecule has 0 unspecified atom stereocenters. The van der Waals surface area contributed by atoms with Gasteiger partial charge in [-0.15, -0.1) is 0 Å². The lowest BCUT2D eigenvalue weighted by atomic mass is 10.1. The number of carbonyl (C=O) groups is 1. The second-order valence-corrected chi connectivity index (χ2v) is 9.20. The number of sulfonamides is 1. The molecule has 0 saturated carbocycles. The maximum atomic E-state index is 13.0. The van der Waals surface area contributed by atoms with Crippen molar-refractivity contribution in [2.45, 2.75) is 38.0 Å². The number of nitrogens with one attached hydrogen (secondary N) is 1. The van der Waals surface area contributed by atoms with Crippen LogP contribution in [0.5, 0.6) is 0 Å². The first kappa shape index (κ1) is 19.9. The molecule has 0 spiro atoms. The van der Waals surface area contributed by atoms with E-state index < -0.39 is 10.0 Å². The van der Waals surface area contributed by atoms with Gasteiger partial charge in [0.05, 0.1) is 4.90 Å². The molecule has 1 N–H and O–H groups in total. The van der Waals surface area contributed by atoms with Gasteiger partial charge in [-0.05, 0) is 62.1 Å². The Morgan fingerprint density at radius 3 is 2.37 bits per heavy atom. The third-order valence-corrected chi connectivity index (χ3v) is 7.11. The van der Waals surface area contributed by atoms with Crippen molar-refractivity contribution in [2.24, 2.45) is 0 Å². The van der Waals surface area contributed by atoms with Crippen LogP contribution in [0.25, 0.3) is 0 Å². The van der Waals surface area contributed by atoms with E-state index in [0.717, 1.165) is 24.8 Å². The van der Waals surface area contributed by atoms with Crippen LogP contribution in [0.4, 0.5) is 5.69 Å².